The molecule has 1 unspecified atom stereocenters. The van der Waals surface area contributed by atoms with Crippen molar-refractivity contribution in [2.45, 2.75) is 31.6 Å². The molecule has 3 aromatic rings. The first-order valence-corrected chi connectivity index (χ1v) is 12.2. The number of pyridine rings is 1. The zero-order chi connectivity index (χ0) is 24.0. The summed E-state index contributed by atoms with van der Waals surface area (Å²) in [7, 11) is 0.114. The van der Waals surface area contributed by atoms with Crippen LogP contribution < -0.4 is 10.1 Å². The van der Waals surface area contributed by atoms with E-state index in [1.165, 1.54) is 19.2 Å². The number of hydrogen-bond acceptors (Lipinski definition) is 6. The Bertz CT molecular complexity index is 1330. The van der Waals surface area contributed by atoms with Crippen LogP contribution in [0.2, 0.25) is 0 Å². The molecule has 11 heteroatoms. The summed E-state index contributed by atoms with van der Waals surface area (Å²) in [6.07, 6.45) is 1.31. The van der Waals surface area contributed by atoms with E-state index in [1.54, 1.807) is 19.2 Å². The summed E-state index contributed by atoms with van der Waals surface area (Å²) in [4.78, 5) is 21.2. The number of sulfone groups is 1. The van der Waals surface area contributed by atoms with Crippen LogP contribution in [0.25, 0.3) is 11.0 Å². The first-order valence-electron chi connectivity index (χ1n) is 10.4. The van der Waals surface area contributed by atoms with Crippen LogP contribution in [0.1, 0.15) is 47.7 Å². The van der Waals surface area contributed by atoms with Gasteiger partial charge in [-0.2, -0.15) is 8.78 Å². The van der Waals surface area contributed by atoms with Crippen LogP contribution in [-0.4, -0.2) is 47.5 Å². The third-order valence-corrected chi connectivity index (χ3v) is 7.57. The maximum Gasteiger partial charge on any atom is 0.287 e. The monoisotopic (exact) mass is 478 g/mol. The fourth-order valence-electron chi connectivity index (χ4n) is 4.09. The van der Waals surface area contributed by atoms with Gasteiger partial charge in [0.25, 0.3) is 11.8 Å². The van der Waals surface area contributed by atoms with Crippen LogP contribution in [0.4, 0.5) is 14.5 Å². The van der Waals surface area contributed by atoms with Crippen LogP contribution >= 0.6 is 0 Å². The van der Waals surface area contributed by atoms with E-state index in [2.05, 4.69) is 15.3 Å². The SMILES string of the molecule is COc1cc2nc(C3CCCS(=O)(=O)C3)n(C)c2cc1NC(=O)c1cccc(C(C)(F)F)n1. The highest BCUT2D eigenvalue weighted by molar-refractivity contribution is 7.91. The molecule has 176 valence electrons. The highest BCUT2D eigenvalue weighted by Gasteiger charge is 2.30. The number of rotatable bonds is 5. The minimum Gasteiger partial charge on any atom is -0.494 e. The summed E-state index contributed by atoms with van der Waals surface area (Å²) in [5.74, 6) is -2.84. The van der Waals surface area contributed by atoms with E-state index < -0.39 is 27.4 Å². The topological polar surface area (TPSA) is 103 Å². The molecule has 1 aliphatic heterocycles. The quantitative estimate of drug-likeness (QED) is 0.601. The van der Waals surface area contributed by atoms with Gasteiger partial charge < -0.3 is 14.6 Å². The number of halogens is 2. The Hall–Kier alpha value is -3.08. The molecule has 33 heavy (non-hydrogen) atoms. The number of imidazole rings is 1. The Morgan fingerprint density at radius 1 is 1.27 bits per heavy atom. The van der Waals surface area contributed by atoms with Gasteiger partial charge in [-0.3, -0.25) is 4.79 Å². The van der Waals surface area contributed by atoms with Crippen molar-refractivity contribution in [2.75, 3.05) is 23.9 Å². The second-order valence-corrected chi connectivity index (χ2v) is 10.5. The number of anilines is 1. The van der Waals surface area contributed by atoms with Crippen molar-refractivity contribution in [1.82, 2.24) is 14.5 Å². The maximum absolute atomic E-state index is 13.6. The van der Waals surface area contributed by atoms with Gasteiger partial charge in [0.1, 0.15) is 23.0 Å². The zero-order valence-corrected chi connectivity index (χ0v) is 19.2. The molecule has 1 saturated heterocycles. The number of alkyl halides is 2. The number of ether oxygens (including phenoxy) is 1. The lowest BCUT2D eigenvalue weighted by Crippen LogP contribution is -2.25. The molecular weight excluding hydrogens is 454 g/mol. The number of nitrogens with zero attached hydrogens (tertiary/aromatic N) is 3. The standard InChI is InChI=1S/C22H24F2N4O4S/c1-22(23,24)19-8-4-7-14(25-19)21(29)27-16-10-17-15(11-18(16)32-3)26-20(28(17)2)13-6-5-9-33(30,31)12-13/h4,7-8,10-11,13H,5-6,9,12H2,1-3H3,(H,27,29). The van der Waals surface area contributed by atoms with E-state index in [0.717, 1.165) is 12.5 Å². The normalized spacial score (nSPS) is 18.3. The second-order valence-electron chi connectivity index (χ2n) is 8.27. The molecule has 0 aliphatic carbocycles. The van der Waals surface area contributed by atoms with Crippen molar-refractivity contribution < 1.29 is 26.7 Å². The van der Waals surface area contributed by atoms with Crippen molar-refractivity contribution in [3.8, 4) is 5.75 Å². The molecular formula is C22H24F2N4O4S. The molecule has 0 bridgehead atoms. The number of methoxy groups -OCH3 is 1. The van der Waals surface area contributed by atoms with E-state index >= 15 is 0 Å². The van der Waals surface area contributed by atoms with Gasteiger partial charge in [0.2, 0.25) is 0 Å². The fraction of sp³-hybridized carbons (Fsp3) is 0.409. The minimum absolute atomic E-state index is 0.0506. The summed E-state index contributed by atoms with van der Waals surface area (Å²) < 4.78 is 58.6. The van der Waals surface area contributed by atoms with Crippen molar-refractivity contribution in [1.29, 1.82) is 0 Å². The van der Waals surface area contributed by atoms with E-state index in [4.69, 9.17) is 4.74 Å². The highest BCUT2D eigenvalue weighted by atomic mass is 32.2. The van der Waals surface area contributed by atoms with Crippen LogP contribution in [0.3, 0.4) is 0 Å². The van der Waals surface area contributed by atoms with Gasteiger partial charge in [0.05, 0.1) is 35.3 Å². The summed E-state index contributed by atoms with van der Waals surface area (Å²) in [6.45, 7) is 0.714. The van der Waals surface area contributed by atoms with Gasteiger partial charge in [0.15, 0.2) is 9.84 Å². The zero-order valence-electron chi connectivity index (χ0n) is 18.4. The largest absolute Gasteiger partial charge is 0.494 e. The van der Waals surface area contributed by atoms with E-state index in [0.29, 0.717) is 41.6 Å². The smallest absolute Gasteiger partial charge is 0.287 e. The molecule has 0 saturated carbocycles. The minimum atomic E-state index is -3.18. The molecule has 2 aromatic heterocycles. The average molecular weight is 479 g/mol. The third-order valence-electron chi connectivity index (χ3n) is 5.74. The van der Waals surface area contributed by atoms with Crippen LogP contribution in [-0.2, 0) is 22.8 Å². The average Bonchev–Trinajstić information content (AvgIpc) is 3.07. The Morgan fingerprint density at radius 2 is 2.03 bits per heavy atom. The number of hydrogen-bond donors (Lipinski definition) is 1. The fourth-order valence-corrected chi connectivity index (χ4v) is 5.79. The molecule has 8 nitrogen and oxygen atoms in total. The Morgan fingerprint density at radius 3 is 2.70 bits per heavy atom. The lowest BCUT2D eigenvalue weighted by Gasteiger charge is -2.21. The molecule has 0 radical (unpaired) electrons. The molecule has 1 aromatic carbocycles. The summed E-state index contributed by atoms with van der Waals surface area (Å²) in [5.41, 5.74) is 0.920. The lowest BCUT2D eigenvalue weighted by atomic mass is 10.1. The Kier molecular flexibility index (Phi) is 5.85. The van der Waals surface area contributed by atoms with Gasteiger partial charge in [-0.25, -0.2) is 18.4 Å². The molecule has 1 atom stereocenters. The van der Waals surface area contributed by atoms with E-state index in [-0.39, 0.29) is 23.1 Å². The summed E-state index contributed by atoms with van der Waals surface area (Å²) >= 11 is 0. The van der Waals surface area contributed by atoms with Crippen LogP contribution in [0.5, 0.6) is 5.75 Å². The number of amides is 1. The number of aryl methyl sites for hydroxylation is 1. The first-order chi connectivity index (χ1) is 15.5. The second kappa shape index (κ2) is 8.36. The highest BCUT2D eigenvalue weighted by Crippen LogP contribution is 2.34. The molecule has 4 rings (SSSR count). The number of nitrogens with one attached hydrogen (secondary N) is 1. The lowest BCUT2D eigenvalue weighted by molar-refractivity contribution is 0.0126. The van der Waals surface area contributed by atoms with Crippen molar-refractivity contribution >= 4 is 32.5 Å². The van der Waals surface area contributed by atoms with Gasteiger partial charge in [-0.05, 0) is 31.0 Å². The van der Waals surface area contributed by atoms with Crippen molar-refractivity contribution in [2.24, 2.45) is 7.05 Å². The number of benzene rings is 1. The van der Waals surface area contributed by atoms with Gasteiger partial charge in [0, 0.05) is 26.0 Å². The molecule has 1 N–H and O–H groups in total. The number of aromatic nitrogens is 3. The Balaban J connectivity index is 1.68. The van der Waals surface area contributed by atoms with E-state index in [9.17, 15) is 22.0 Å². The van der Waals surface area contributed by atoms with Crippen LogP contribution in [0.15, 0.2) is 30.3 Å². The summed E-state index contributed by atoms with van der Waals surface area (Å²) in [6, 6.07) is 7.17. The summed E-state index contributed by atoms with van der Waals surface area (Å²) in [5, 5.41) is 2.67. The third kappa shape index (κ3) is 4.68. The molecule has 1 amide bonds. The predicted molar refractivity (Wildman–Crippen MR) is 120 cm³/mol. The first kappa shape index (κ1) is 23.1. The molecule has 1 fully saturated rings. The number of fused-ring (bicyclic) bond motifs is 1. The maximum atomic E-state index is 13.6. The van der Waals surface area contributed by atoms with Crippen molar-refractivity contribution in [3.63, 3.8) is 0 Å². The predicted octanol–water partition coefficient (Wildman–Crippen LogP) is 3.63. The molecule has 1 aliphatic rings. The number of carbonyl (C=O) groups is 1. The van der Waals surface area contributed by atoms with Gasteiger partial charge in [-0.1, -0.05) is 6.07 Å². The molecule has 3 heterocycles. The number of carbonyl (C=O) groups excluding carboxylic acids is 1. The molecule has 0 spiro atoms. The van der Waals surface area contributed by atoms with Crippen LogP contribution in [0, 0.1) is 0 Å². The van der Waals surface area contributed by atoms with E-state index in [1.807, 2.05) is 4.57 Å². The van der Waals surface area contributed by atoms with Crippen molar-refractivity contribution in [3.05, 3.63) is 47.5 Å². The van der Waals surface area contributed by atoms with Gasteiger partial charge in [-0.15, -0.1) is 0 Å². The Labute approximate surface area is 189 Å². The van der Waals surface area contributed by atoms with Gasteiger partial charge >= 0.3 is 0 Å².